The first-order valence-corrected chi connectivity index (χ1v) is 4.91. The van der Waals surface area contributed by atoms with E-state index in [1.54, 1.807) is 0 Å². The summed E-state index contributed by atoms with van der Waals surface area (Å²) in [7, 11) is 0.834. The van der Waals surface area contributed by atoms with Gasteiger partial charge in [0.2, 0.25) is 0 Å². The maximum absolute atomic E-state index is 5.07. The first-order valence-electron chi connectivity index (χ1n) is 2.51. The molecule has 0 aromatic heterocycles. The van der Waals surface area contributed by atoms with E-state index < -0.39 is 0 Å². The highest BCUT2D eigenvalue weighted by Crippen LogP contribution is 1.86. The summed E-state index contributed by atoms with van der Waals surface area (Å²) in [5, 5.41) is 0. The molecule has 0 N–H and O–H groups in total. The van der Waals surface area contributed by atoms with E-state index in [0.29, 0.717) is 0 Å². The Morgan fingerprint density at radius 2 is 2.57 bits per heavy atom. The third-order valence-corrected chi connectivity index (χ3v) is 3.09. The number of hydrogen-bond acceptors (Lipinski definition) is 1. The topological polar surface area (TPSA) is 9.23 Å². The zero-order valence-electron chi connectivity index (χ0n) is 4.81. The molecule has 0 atom stereocenters. The van der Waals surface area contributed by atoms with Gasteiger partial charge in [0.15, 0.2) is 0 Å². The molecular formula is C4H12OSi2. The second-order valence-corrected chi connectivity index (χ2v) is 4.85. The Morgan fingerprint density at radius 3 is 3.00 bits per heavy atom. The van der Waals surface area contributed by atoms with Crippen LogP contribution in [0.25, 0.3) is 0 Å². The van der Waals surface area contributed by atoms with Crippen molar-refractivity contribution < 1.29 is 4.12 Å². The summed E-state index contributed by atoms with van der Waals surface area (Å²) in [4.78, 5) is 0. The largest absolute Gasteiger partial charge is 0.468 e. The zero-order chi connectivity index (χ0) is 5.54. The highest BCUT2D eigenvalue weighted by Gasteiger charge is 1.78. The van der Waals surface area contributed by atoms with Gasteiger partial charge in [-0.05, 0) is 12.5 Å². The highest BCUT2D eigenvalue weighted by molar-refractivity contribution is 6.34. The van der Waals surface area contributed by atoms with Crippen molar-refractivity contribution in [3.05, 3.63) is 12.7 Å². The van der Waals surface area contributed by atoms with Crippen molar-refractivity contribution in [1.29, 1.82) is 0 Å². The molecule has 0 bridgehead atoms. The van der Waals surface area contributed by atoms with Crippen LogP contribution >= 0.6 is 0 Å². The molecule has 7 heavy (non-hydrogen) atoms. The Morgan fingerprint density at radius 1 is 1.86 bits per heavy atom. The molecule has 0 saturated carbocycles. The number of rotatable bonds is 4. The molecule has 0 aliphatic carbocycles. The molecule has 0 heterocycles. The van der Waals surface area contributed by atoms with Crippen LogP contribution in [0.4, 0.5) is 0 Å². The molecule has 0 aliphatic rings. The predicted octanol–water partition coefficient (Wildman–Crippen LogP) is -0.638. The summed E-state index contributed by atoms with van der Waals surface area (Å²) in [6, 6.07) is 1.27. The fourth-order valence-electron chi connectivity index (χ4n) is 0.372. The maximum atomic E-state index is 5.07. The lowest BCUT2D eigenvalue weighted by Crippen LogP contribution is -1.91. The fraction of sp³-hybridized carbons (Fsp3) is 0.500. The van der Waals surface area contributed by atoms with Crippen LogP contribution in [0.15, 0.2) is 12.7 Å². The summed E-state index contributed by atoms with van der Waals surface area (Å²) in [6.45, 7) is 3.61. The van der Waals surface area contributed by atoms with E-state index in [4.69, 9.17) is 4.12 Å². The molecule has 0 radical (unpaired) electrons. The molecule has 1 nitrogen and oxygen atoms in total. The van der Waals surface area contributed by atoms with Gasteiger partial charge in [-0.15, -0.1) is 6.58 Å². The Labute approximate surface area is 50.3 Å². The van der Waals surface area contributed by atoms with Gasteiger partial charge in [0, 0.05) is 0 Å². The second-order valence-electron chi connectivity index (χ2n) is 1.42. The van der Waals surface area contributed by atoms with Crippen molar-refractivity contribution >= 4 is 20.2 Å². The second kappa shape index (κ2) is 6.13. The van der Waals surface area contributed by atoms with Crippen LogP contribution in [-0.2, 0) is 4.12 Å². The molecule has 0 aliphatic heterocycles. The third kappa shape index (κ3) is 6.13. The smallest absolute Gasteiger partial charge is 0.146 e. The Hall–Kier alpha value is 0.134. The summed E-state index contributed by atoms with van der Waals surface area (Å²) in [6.07, 6.45) is 3.10. The van der Waals surface area contributed by atoms with Crippen molar-refractivity contribution in [3.8, 4) is 0 Å². The number of hydrogen-bond donors (Lipinski definition) is 0. The predicted molar refractivity (Wildman–Crippen MR) is 39.2 cm³/mol. The Bertz CT molecular complexity index is 47.0. The molecule has 3 heteroatoms. The average molecular weight is 132 g/mol. The minimum Gasteiger partial charge on any atom is -0.468 e. The lowest BCUT2D eigenvalue weighted by molar-refractivity contribution is 0.659. The summed E-state index contributed by atoms with van der Waals surface area (Å²) < 4.78 is 5.07. The minimum absolute atomic E-state index is 0.0988. The van der Waals surface area contributed by atoms with Gasteiger partial charge in [-0.1, -0.05) is 6.08 Å². The molecule has 0 rings (SSSR count). The van der Waals surface area contributed by atoms with Crippen LogP contribution in [0.5, 0.6) is 0 Å². The molecule has 0 fully saturated rings. The number of allylic oxidation sites excluding steroid dienone is 1. The highest BCUT2D eigenvalue weighted by atomic mass is 28.3. The maximum Gasteiger partial charge on any atom is 0.146 e. The van der Waals surface area contributed by atoms with Crippen molar-refractivity contribution in [1.82, 2.24) is 0 Å². The Kier molecular flexibility index (Phi) is 6.25. The fourth-order valence-corrected chi connectivity index (χ4v) is 1.98. The lowest BCUT2D eigenvalue weighted by atomic mass is 10.5. The van der Waals surface area contributed by atoms with Crippen LogP contribution < -0.4 is 0 Å². The van der Waals surface area contributed by atoms with Crippen LogP contribution in [0.1, 0.15) is 6.42 Å². The molecule has 0 spiro atoms. The van der Waals surface area contributed by atoms with Gasteiger partial charge in [-0.3, -0.25) is 0 Å². The SMILES string of the molecule is C=CCC[SiH2]O[SiH3]. The molecule has 0 aromatic carbocycles. The van der Waals surface area contributed by atoms with E-state index in [2.05, 4.69) is 6.58 Å². The average Bonchev–Trinajstić information content (AvgIpc) is 1.69. The van der Waals surface area contributed by atoms with E-state index in [1.165, 1.54) is 6.04 Å². The van der Waals surface area contributed by atoms with Crippen LogP contribution in [-0.4, -0.2) is 20.2 Å². The van der Waals surface area contributed by atoms with Crippen molar-refractivity contribution in [2.75, 3.05) is 0 Å². The Balaban J connectivity index is 2.56. The molecule has 0 amide bonds. The first-order chi connectivity index (χ1) is 3.41. The molecule has 0 unspecified atom stereocenters. The van der Waals surface area contributed by atoms with Gasteiger partial charge in [-0.2, -0.15) is 0 Å². The van der Waals surface area contributed by atoms with Crippen molar-refractivity contribution in [2.24, 2.45) is 0 Å². The van der Waals surface area contributed by atoms with Crippen molar-refractivity contribution in [2.45, 2.75) is 12.5 Å². The summed E-state index contributed by atoms with van der Waals surface area (Å²) in [5.41, 5.74) is 0. The molecular weight excluding hydrogens is 120 g/mol. The van der Waals surface area contributed by atoms with Crippen LogP contribution in [0.3, 0.4) is 0 Å². The quantitative estimate of drug-likeness (QED) is 0.281. The van der Waals surface area contributed by atoms with Crippen molar-refractivity contribution in [3.63, 3.8) is 0 Å². The standard InChI is InChI=1S/C4H12OSi2/c1-2-3-4-7-5-6/h2H,1,3-4,7H2,6H3. The van der Waals surface area contributed by atoms with E-state index >= 15 is 0 Å². The van der Waals surface area contributed by atoms with E-state index in [9.17, 15) is 0 Å². The van der Waals surface area contributed by atoms with Gasteiger partial charge in [0.25, 0.3) is 0 Å². The monoisotopic (exact) mass is 132 g/mol. The normalized spacial score (nSPS) is 10.9. The van der Waals surface area contributed by atoms with Gasteiger partial charge < -0.3 is 4.12 Å². The van der Waals surface area contributed by atoms with Crippen LogP contribution in [0, 0.1) is 0 Å². The molecule has 0 saturated heterocycles. The summed E-state index contributed by atoms with van der Waals surface area (Å²) in [5.74, 6) is 0. The zero-order valence-corrected chi connectivity index (χ0v) is 8.23. The molecule has 0 aromatic rings. The van der Waals surface area contributed by atoms with Gasteiger partial charge in [-0.25, -0.2) is 0 Å². The lowest BCUT2D eigenvalue weighted by Gasteiger charge is -1.90. The first kappa shape index (κ1) is 7.13. The van der Waals surface area contributed by atoms with Gasteiger partial charge in [0.1, 0.15) is 20.2 Å². The minimum atomic E-state index is -0.0988. The molecule has 42 valence electrons. The van der Waals surface area contributed by atoms with Gasteiger partial charge in [0.05, 0.1) is 0 Å². The van der Waals surface area contributed by atoms with E-state index in [1.807, 2.05) is 6.08 Å². The van der Waals surface area contributed by atoms with Gasteiger partial charge >= 0.3 is 0 Å². The third-order valence-electron chi connectivity index (χ3n) is 0.757. The van der Waals surface area contributed by atoms with E-state index in [0.717, 1.165) is 16.9 Å². The van der Waals surface area contributed by atoms with Crippen LogP contribution in [0.2, 0.25) is 6.04 Å². The van der Waals surface area contributed by atoms with E-state index in [-0.39, 0.29) is 9.76 Å². The summed E-state index contributed by atoms with van der Waals surface area (Å²) >= 11 is 0.